The highest BCUT2D eigenvalue weighted by atomic mass is 16.2. The lowest BCUT2D eigenvalue weighted by Gasteiger charge is -2.14. The van der Waals surface area contributed by atoms with Gasteiger partial charge >= 0.3 is 0 Å². The molecule has 0 saturated carbocycles. The molecule has 1 aliphatic heterocycles. The highest BCUT2D eigenvalue weighted by Gasteiger charge is 2.22. The molecule has 3 nitrogen and oxygen atoms in total. The van der Waals surface area contributed by atoms with E-state index >= 15 is 0 Å². The maximum atomic E-state index is 11.4. The van der Waals surface area contributed by atoms with Crippen LogP contribution in [0.25, 0.3) is 0 Å². The largest absolute Gasteiger partial charge is 0.297 e. The van der Waals surface area contributed by atoms with E-state index in [0.717, 1.165) is 24.2 Å². The molecule has 1 aromatic heterocycles. The van der Waals surface area contributed by atoms with E-state index in [9.17, 15) is 4.79 Å². The number of hydrogen-bond donors (Lipinski definition) is 0. The lowest BCUT2D eigenvalue weighted by atomic mass is 9.74. The monoisotopic (exact) mass is 187 g/mol. The van der Waals surface area contributed by atoms with E-state index in [4.69, 9.17) is 0 Å². The van der Waals surface area contributed by atoms with E-state index in [2.05, 4.69) is 4.98 Å². The Labute approximate surface area is 84.4 Å². The van der Waals surface area contributed by atoms with E-state index in [-0.39, 0.29) is 5.91 Å². The van der Waals surface area contributed by atoms with Gasteiger partial charge in [-0.3, -0.25) is 9.69 Å². The fourth-order valence-corrected chi connectivity index (χ4v) is 1.62. The predicted molar refractivity (Wildman–Crippen MR) is 57.1 cm³/mol. The van der Waals surface area contributed by atoms with Gasteiger partial charge in [0.1, 0.15) is 13.1 Å². The molecule has 1 saturated heterocycles. The van der Waals surface area contributed by atoms with E-state index in [1.165, 1.54) is 0 Å². The topological polar surface area (TPSA) is 33.2 Å². The number of nitrogens with zero attached hydrogens (tertiary/aromatic N) is 2. The number of anilines is 1. The Hall–Kier alpha value is -1.32. The number of amides is 1. The molecule has 2 heterocycles. The van der Waals surface area contributed by atoms with Gasteiger partial charge in [0.25, 0.3) is 0 Å². The fraction of sp³-hybridized carbons (Fsp3) is 0.400. The molecular weight excluding hydrogens is 175 g/mol. The van der Waals surface area contributed by atoms with Crippen molar-refractivity contribution in [3.05, 3.63) is 18.3 Å². The number of aromatic nitrogens is 1. The quantitative estimate of drug-likeness (QED) is 0.634. The SMILES string of the molecule is C[B]c1ccc(N2CCCC2=O)nc1. The van der Waals surface area contributed by atoms with Crippen molar-refractivity contribution in [2.24, 2.45) is 0 Å². The van der Waals surface area contributed by atoms with Crippen LogP contribution >= 0.6 is 0 Å². The van der Waals surface area contributed by atoms with Crippen LogP contribution in [-0.2, 0) is 4.79 Å². The minimum Gasteiger partial charge on any atom is -0.297 e. The lowest BCUT2D eigenvalue weighted by molar-refractivity contribution is -0.117. The molecule has 71 valence electrons. The van der Waals surface area contributed by atoms with Gasteiger partial charge in [-0.15, -0.1) is 0 Å². The summed E-state index contributed by atoms with van der Waals surface area (Å²) >= 11 is 0. The molecule has 1 radical (unpaired) electrons. The number of rotatable bonds is 2. The Morgan fingerprint density at radius 2 is 2.36 bits per heavy atom. The average molecular weight is 187 g/mol. The molecule has 0 aliphatic carbocycles. The molecule has 0 unspecified atom stereocenters. The molecule has 1 aromatic rings. The van der Waals surface area contributed by atoms with Crippen molar-refractivity contribution in [1.29, 1.82) is 0 Å². The van der Waals surface area contributed by atoms with Crippen LogP contribution in [0.4, 0.5) is 5.82 Å². The zero-order chi connectivity index (χ0) is 9.97. The van der Waals surface area contributed by atoms with Crippen LogP contribution in [0.3, 0.4) is 0 Å². The van der Waals surface area contributed by atoms with Gasteiger partial charge in [0.2, 0.25) is 5.91 Å². The summed E-state index contributed by atoms with van der Waals surface area (Å²) in [7, 11) is 1.99. The maximum Gasteiger partial charge on any atom is 0.228 e. The zero-order valence-corrected chi connectivity index (χ0v) is 8.23. The second-order valence-corrected chi connectivity index (χ2v) is 3.39. The minimum absolute atomic E-state index is 0.186. The molecule has 1 fully saturated rings. The molecule has 1 amide bonds. The fourth-order valence-electron chi connectivity index (χ4n) is 1.62. The van der Waals surface area contributed by atoms with Crippen LogP contribution in [0.15, 0.2) is 18.3 Å². The molecule has 0 spiro atoms. The summed E-state index contributed by atoms with van der Waals surface area (Å²) in [5.74, 6) is 0.962. The Kier molecular flexibility index (Phi) is 2.52. The molecule has 14 heavy (non-hydrogen) atoms. The van der Waals surface area contributed by atoms with Gasteiger partial charge in [-0.25, -0.2) is 4.98 Å². The second kappa shape index (κ2) is 3.82. The summed E-state index contributed by atoms with van der Waals surface area (Å²) in [4.78, 5) is 17.4. The van der Waals surface area contributed by atoms with Crippen molar-refractivity contribution in [3.8, 4) is 0 Å². The summed E-state index contributed by atoms with van der Waals surface area (Å²) in [5.41, 5.74) is 1.08. The van der Waals surface area contributed by atoms with Crippen molar-refractivity contribution in [2.45, 2.75) is 19.7 Å². The predicted octanol–water partition coefficient (Wildman–Crippen LogP) is 0.586. The Bertz CT molecular complexity index is 336. The maximum absolute atomic E-state index is 11.4. The smallest absolute Gasteiger partial charge is 0.228 e. The average Bonchev–Trinajstić information content (AvgIpc) is 2.65. The highest BCUT2D eigenvalue weighted by Crippen LogP contribution is 2.17. The molecule has 0 aromatic carbocycles. The first-order valence-corrected chi connectivity index (χ1v) is 4.87. The molecule has 2 rings (SSSR count). The number of hydrogen-bond acceptors (Lipinski definition) is 2. The van der Waals surface area contributed by atoms with Gasteiger partial charge in [-0.05, 0) is 12.5 Å². The van der Waals surface area contributed by atoms with Crippen molar-refractivity contribution < 1.29 is 4.79 Å². The third kappa shape index (κ3) is 1.64. The first-order chi connectivity index (χ1) is 6.81. The number of pyridine rings is 1. The van der Waals surface area contributed by atoms with Gasteiger partial charge in [0.15, 0.2) is 0 Å². The first kappa shape index (κ1) is 9.25. The molecule has 0 bridgehead atoms. The summed E-state index contributed by atoms with van der Waals surface area (Å²) < 4.78 is 0. The van der Waals surface area contributed by atoms with Gasteiger partial charge in [-0.2, -0.15) is 0 Å². The molecular formula is C10H12BN2O. The molecule has 0 N–H and O–H groups in total. The number of carbonyl (C=O) groups is 1. The summed E-state index contributed by atoms with van der Waals surface area (Å²) in [6.45, 7) is 2.78. The summed E-state index contributed by atoms with van der Waals surface area (Å²) in [6.07, 6.45) is 3.40. The normalized spacial score (nSPS) is 16.1. The first-order valence-electron chi connectivity index (χ1n) is 4.87. The Morgan fingerprint density at radius 3 is 2.86 bits per heavy atom. The van der Waals surface area contributed by atoms with E-state index in [1.807, 2.05) is 26.2 Å². The number of carbonyl (C=O) groups excluding carboxylic acids is 1. The summed E-state index contributed by atoms with van der Waals surface area (Å²) in [6, 6.07) is 3.88. The summed E-state index contributed by atoms with van der Waals surface area (Å²) in [5, 5.41) is 0. The zero-order valence-electron chi connectivity index (χ0n) is 8.23. The van der Waals surface area contributed by atoms with Crippen molar-refractivity contribution in [1.82, 2.24) is 4.98 Å². The third-order valence-electron chi connectivity index (χ3n) is 2.45. The van der Waals surface area contributed by atoms with Crippen LogP contribution in [0, 0.1) is 0 Å². The standard InChI is InChI=1S/C10H12BN2O/c1-11-8-4-5-9(12-7-8)13-6-2-3-10(13)14/h4-5,7H,2-3,6H2,1H3. The van der Waals surface area contributed by atoms with Crippen LogP contribution in [0.2, 0.25) is 6.82 Å². The Balaban J connectivity index is 2.20. The lowest BCUT2D eigenvalue weighted by Crippen LogP contribution is -2.25. The molecule has 4 heteroatoms. The van der Waals surface area contributed by atoms with Gasteiger partial charge in [-0.1, -0.05) is 18.4 Å². The van der Waals surface area contributed by atoms with E-state index in [0.29, 0.717) is 6.42 Å². The van der Waals surface area contributed by atoms with Gasteiger partial charge in [0, 0.05) is 19.2 Å². The van der Waals surface area contributed by atoms with Crippen LogP contribution in [-0.4, -0.2) is 24.7 Å². The van der Waals surface area contributed by atoms with Crippen LogP contribution in [0.5, 0.6) is 0 Å². The van der Waals surface area contributed by atoms with Crippen molar-refractivity contribution >= 4 is 24.5 Å². The van der Waals surface area contributed by atoms with Crippen LogP contribution < -0.4 is 10.4 Å². The minimum atomic E-state index is 0.186. The van der Waals surface area contributed by atoms with Crippen molar-refractivity contribution in [3.63, 3.8) is 0 Å². The van der Waals surface area contributed by atoms with Crippen LogP contribution in [0.1, 0.15) is 12.8 Å². The van der Waals surface area contributed by atoms with Gasteiger partial charge < -0.3 is 0 Å². The highest BCUT2D eigenvalue weighted by molar-refractivity contribution is 6.51. The third-order valence-corrected chi connectivity index (χ3v) is 2.45. The van der Waals surface area contributed by atoms with E-state index in [1.54, 1.807) is 11.1 Å². The second-order valence-electron chi connectivity index (χ2n) is 3.39. The Morgan fingerprint density at radius 1 is 1.50 bits per heavy atom. The van der Waals surface area contributed by atoms with E-state index < -0.39 is 0 Å². The molecule has 0 atom stereocenters. The van der Waals surface area contributed by atoms with Gasteiger partial charge in [0.05, 0.1) is 0 Å². The molecule has 1 aliphatic rings. The van der Waals surface area contributed by atoms with Crippen molar-refractivity contribution in [2.75, 3.05) is 11.4 Å².